The zero-order valence-electron chi connectivity index (χ0n) is 9.89. The van der Waals surface area contributed by atoms with Gasteiger partial charge in [0.05, 0.1) is 0 Å². The monoisotopic (exact) mass is 223 g/mol. The van der Waals surface area contributed by atoms with Crippen molar-refractivity contribution in [2.75, 3.05) is 0 Å². The number of para-hydroxylation sites is 1. The quantitative estimate of drug-likeness (QED) is 0.731. The Balaban J connectivity index is 2.14. The number of hydrogen-bond acceptors (Lipinski definition) is 1. The number of allylic oxidation sites excluding steroid dienone is 2. The second kappa shape index (κ2) is 5.35. The molecule has 0 aliphatic heterocycles. The molecular weight excluding hydrogens is 208 g/mol. The molecule has 1 heteroatoms. The molecule has 0 atom stereocenters. The van der Waals surface area contributed by atoms with Crippen LogP contribution in [0.25, 0.3) is 5.57 Å². The summed E-state index contributed by atoms with van der Waals surface area (Å²) < 4.78 is 5.71. The molecule has 0 saturated carbocycles. The Hall–Kier alpha value is -2.02. The average Bonchev–Trinajstić information content (AvgIpc) is 2.40. The average molecular weight is 223 g/mol. The van der Waals surface area contributed by atoms with E-state index in [1.165, 1.54) is 5.56 Å². The summed E-state index contributed by atoms with van der Waals surface area (Å²) in [7, 11) is 0. The highest BCUT2D eigenvalue weighted by molar-refractivity contribution is 5.64. The molecule has 17 heavy (non-hydrogen) atoms. The maximum atomic E-state index is 5.71. The fourth-order valence-corrected chi connectivity index (χ4v) is 1.53. The van der Waals surface area contributed by atoms with Gasteiger partial charge in [0, 0.05) is 0 Å². The molecular formula is C16H15O. The lowest BCUT2D eigenvalue weighted by atomic mass is 10.1. The molecule has 2 aromatic carbocycles. The molecule has 0 aliphatic rings. The Morgan fingerprint density at radius 2 is 1.53 bits per heavy atom. The molecule has 1 nitrogen and oxygen atoms in total. The summed E-state index contributed by atoms with van der Waals surface area (Å²) in [6.45, 7) is 5.80. The molecule has 1 radical (unpaired) electrons. The lowest BCUT2D eigenvalue weighted by molar-refractivity contribution is 0.482. The van der Waals surface area contributed by atoms with E-state index in [-0.39, 0.29) is 0 Å². The standard InChI is InChI=1S/C16H15O/c1-3-13(2)14-9-11-16(12-10-14)17-15-7-5-4-6-8-15/h3-12H,1H2,2H3. The molecule has 0 bridgehead atoms. The topological polar surface area (TPSA) is 9.23 Å². The van der Waals surface area contributed by atoms with Crippen molar-refractivity contribution < 1.29 is 4.74 Å². The van der Waals surface area contributed by atoms with Crippen LogP contribution in [-0.4, -0.2) is 0 Å². The van der Waals surface area contributed by atoms with Crippen LogP contribution in [0.15, 0.2) is 60.7 Å². The van der Waals surface area contributed by atoms with E-state index in [0.717, 1.165) is 17.1 Å². The second-order valence-electron chi connectivity index (χ2n) is 3.83. The molecule has 0 heterocycles. The highest BCUT2D eigenvalue weighted by atomic mass is 16.5. The number of ether oxygens (including phenoxy) is 1. The Morgan fingerprint density at radius 3 is 2.12 bits per heavy atom. The van der Waals surface area contributed by atoms with Crippen LogP contribution in [-0.2, 0) is 0 Å². The number of rotatable bonds is 3. The largest absolute Gasteiger partial charge is 0.457 e. The van der Waals surface area contributed by atoms with Crippen LogP contribution in [0.4, 0.5) is 0 Å². The van der Waals surface area contributed by atoms with Gasteiger partial charge in [0.15, 0.2) is 0 Å². The van der Waals surface area contributed by atoms with Gasteiger partial charge in [0.1, 0.15) is 11.5 Å². The van der Waals surface area contributed by atoms with Crippen molar-refractivity contribution in [1.82, 2.24) is 0 Å². The summed E-state index contributed by atoms with van der Waals surface area (Å²) in [5.74, 6) is 1.70. The van der Waals surface area contributed by atoms with Gasteiger partial charge in [-0.15, -0.1) is 0 Å². The van der Waals surface area contributed by atoms with Gasteiger partial charge in [-0.2, -0.15) is 0 Å². The Morgan fingerprint density at radius 1 is 0.941 bits per heavy atom. The van der Waals surface area contributed by atoms with Gasteiger partial charge >= 0.3 is 0 Å². The lowest BCUT2D eigenvalue weighted by Crippen LogP contribution is -1.84. The van der Waals surface area contributed by atoms with Crippen molar-refractivity contribution >= 4 is 5.57 Å². The van der Waals surface area contributed by atoms with Crippen molar-refractivity contribution in [3.05, 3.63) is 73.2 Å². The molecule has 0 aromatic heterocycles. The molecule has 2 rings (SSSR count). The highest BCUT2D eigenvalue weighted by Gasteiger charge is 1.98. The van der Waals surface area contributed by atoms with Gasteiger partial charge < -0.3 is 4.74 Å². The molecule has 0 aliphatic carbocycles. The van der Waals surface area contributed by atoms with Crippen LogP contribution in [0, 0.1) is 6.92 Å². The van der Waals surface area contributed by atoms with E-state index in [1.54, 1.807) is 0 Å². The second-order valence-corrected chi connectivity index (χ2v) is 3.83. The van der Waals surface area contributed by atoms with Crippen molar-refractivity contribution in [3.63, 3.8) is 0 Å². The van der Waals surface area contributed by atoms with E-state index in [1.807, 2.05) is 67.6 Å². The summed E-state index contributed by atoms with van der Waals surface area (Å²) >= 11 is 0. The third-order valence-electron chi connectivity index (χ3n) is 2.59. The summed E-state index contributed by atoms with van der Waals surface area (Å²) in [5.41, 5.74) is 2.33. The smallest absolute Gasteiger partial charge is 0.127 e. The van der Waals surface area contributed by atoms with E-state index in [2.05, 4.69) is 6.92 Å². The zero-order chi connectivity index (χ0) is 12.1. The van der Waals surface area contributed by atoms with Gasteiger partial charge in [-0.3, -0.25) is 0 Å². The van der Waals surface area contributed by atoms with E-state index in [0.29, 0.717) is 0 Å². The molecule has 0 spiro atoms. The van der Waals surface area contributed by atoms with Crippen LogP contribution < -0.4 is 4.74 Å². The minimum absolute atomic E-state index is 0.844. The third kappa shape index (κ3) is 2.97. The molecule has 0 amide bonds. The summed E-state index contributed by atoms with van der Waals surface area (Å²) in [6.07, 6.45) is 1.85. The zero-order valence-corrected chi connectivity index (χ0v) is 9.89. The minimum Gasteiger partial charge on any atom is -0.457 e. The van der Waals surface area contributed by atoms with Crippen LogP contribution in [0.2, 0.25) is 0 Å². The van der Waals surface area contributed by atoms with Gasteiger partial charge in [-0.05, 0) is 49.2 Å². The van der Waals surface area contributed by atoms with Gasteiger partial charge in [-0.25, -0.2) is 0 Å². The molecule has 0 unspecified atom stereocenters. The van der Waals surface area contributed by atoms with Crippen molar-refractivity contribution in [2.45, 2.75) is 6.92 Å². The summed E-state index contributed by atoms with van der Waals surface area (Å²) in [6, 6.07) is 17.8. The first-order chi connectivity index (χ1) is 8.29. The Bertz CT molecular complexity index is 495. The highest BCUT2D eigenvalue weighted by Crippen LogP contribution is 2.23. The van der Waals surface area contributed by atoms with E-state index >= 15 is 0 Å². The first-order valence-corrected chi connectivity index (χ1v) is 5.59. The fraction of sp³-hybridized carbons (Fsp3) is 0.0625. The van der Waals surface area contributed by atoms with E-state index in [9.17, 15) is 0 Å². The first kappa shape index (κ1) is 11.5. The Labute approximate surface area is 102 Å². The molecule has 2 aromatic rings. The van der Waals surface area contributed by atoms with Crippen molar-refractivity contribution in [3.8, 4) is 11.5 Å². The van der Waals surface area contributed by atoms with Gasteiger partial charge in [0.2, 0.25) is 0 Å². The normalized spacial score (nSPS) is 11.3. The molecule has 85 valence electrons. The molecule has 0 fully saturated rings. The Kier molecular flexibility index (Phi) is 3.61. The predicted molar refractivity (Wildman–Crippen MR) is 72.0 cm³/mol. The first-order valence-electron chi connectivity index (χ1n) is 5.59. The minimum atomic E-state index is 0.844. The maximum Gasteiger partial charge on any atom is 0.127 e. The SMILES string of the molecule is [CH2]C=C(C)c1ccc(Oc2ccccc2)cc1. The molecule has 0 saturated heterocycles. The van der Waals surface area contributed by atoms with Crippen LogP contribution in [0.3, 0.4) is 0 Å². The maximum absolute atomic E-state index is 5.71. The van der Waals surface area contributed by atoms with E-state index in [4.69, 9.17) is 4.74 Å². The van der Waals surface area contributed by atoms with Gasteiger partial charge in [0.25, 0.3) is 0 Å². The third-order valence-corrected chi connectivity index (χ3v) is 2.59. The van der Waals surface area contributed by atoms with Crippen molar-refractivity contribution in [2.24, 2.45) is 0 Å². The van der Waals surface area contributed by atoms with Crippen molar-refractivity contribution in [1.29, 1.82) is 0 Å². The lowest BCUT2D eigenvalue weighted by Gasteiger charge is -2.06. The number of benzene rings is 2. The van der Waals surface area contributed by atoms with Crippen LogP contribution >= 0.6 is 0 Å². The summed E-state index contributed by atoms with van der Waals surface area (Å²) in [4.78, 5) is 0. The summed E-state index contributed by atoms with van der Waals surface area (Å²) in [5, 5.41) is 0. The van der Waals surface area contributed by atoms with Crippen LogP contribution in [0.1, 0.15) is 12.5 Å². The fourth-order valence-electron chi connectivity index (χ4n) is 1.53. The molecule has 0 N–H and O–H groups in total. The van der Waals surface area contributed by atoms with Gasteiger partial charge in [-0.1, -0.05) is 36.4 Å². The van der Waals surface area contributed by atoms with Crippen LogP contribution in [0.5, 0.6) is 11.5 Å². The predicted octanol–water partition coefficient (Wildman–Crippen LogP) is 4.72. The number of hydrogen-bond donors (Lipinski definition) is 0. The van der Waals surface area contributed by atoms with E-state index < -0.39 is 0 Å².